The number of halogens is 2. The average molecular weight is 303 g/mol. The van der Waals surface area contributed by atoms with Crippen LogP contribution in [0.2, 0.25) is 0 Å². The van der Waals surface area contributed by atoms with Gasteiger partial charge in [-0.15, -0.1) is 24.8 Å². The van der Waals surface area contributed by atoms with Crippen LogP contribution in [-0.4, -0.2) is 31.1 Å². The molecule has 2 nitrogen and oxygen atoms in total. The van der Waals surface area contributed by atoms with Crippen molar-refractivity contribution in [1.82, 2.24) is 10.2 Å². The van der Waals surface area contributed by atoms with Gasteiger partial charge in [0.25, 0.3) is 0 Å². The van der Waals surface area contributed by atoms with Gasteiger partial charge in [0.1, 0.15) is 0 Å². The van der Waals surface area contributed by atoms with Crippen molar-refractivity contribution in [2.45, 2.75) is 20.4 Å². The van der Waals surface area contributed by atoms with Gasteiger partial charge in [-0.1, -0.05) is 44.2 Å². The van der Waals surface area contributed by atoms with Gasteiger partial charge in [-0.3, -0.25) is 4.90 Å². The standard InChI is InChI=1S/C15H22N2.2ClH/c1-14-9-16-10-15(14,2)12-17(11-14)8-13-6-4-3-5-7-13;;/h3-7,16H,8-12H2,1-2H3;2*1H. The molecule has 2 heterocycles. The first-order valence-corrected chi connectivity index (χ1v) is 6.58. The Morgan fingerprint density at radius 3 is 2.05 bits per heavy atom. The van der Waals surface area contributed by atoms with Crippen molar-refractivity contribution in [1.29, 1.82) is 0 Å². The number of benzene rings is 1. The summed E-state index contributed by atoms with van der Waals surface area (Å²) in [7, 11) is 0. The molecule has 2 unspecified atom stereocenters. The van der Waals surface area contributed by atoms with Crippen LogP contribution in [0.25, 0.3) is 0 Å². The molecule has 19 heavy (non-hydrogen) atoms. The summed E-state index contributed by atoms with van der Waals surface area (Å²) in [6.07, 6.45) is 0. The molecule has 0 bridgehead atoms. The summed E-state index contributed by atoms with van der Waals surface area (Å²) >= 11 is 0. The number of likely N-dealkylation sites (tertiary alicyclic amines) is 1. The molecule has 2 fully saturated rings. The minimum atomic E-state index is 0. The summed E-state index contributed by atoms with van der Waals surface area (Å²) in [4.78, 5) is 2.62. The van der Waals surface area contributed by atoms with Crippen LogP contribution in [-0.2, 0) is 6.54 Å². The Balaban J connectivity index is 0.000000902. The predicted molar refractivity (Wildman–Crippen MR) is 85.3 cm³/mol. The lowest BCUT2D eigenvalue weighted by atomic mass is 9.71. The zero-order valence-electron chi connectivity index (χ0n) is 11.7. The summed E-state index contributed by atoms with van der Waals surface area (Å²) in [5.74, 6) is 0. The third kappa shape index (κ3) is 2.92. The van der Waals surface area contributed by atoms with Crippen molar-refractivity contribution in [2.75, 3.05) is 26.2 Å². The SMILES string of the molecule is CC12CNCC1(C)CN(Cc1ccccc1)C2.Cl.Cl. The molecule has 4 heteroatoms. The van der Waals surface area contributed by atoms with E-state index in [4.69, 9.17) is 0 Å². The molecule has 0 amide bonds. The zero-order valence-corrected chi connectivity index (χ0v) is 13.3. The van der Waals surface area contributed by atoms with Crippen LogP contribution in [0.1, 0.15) is 19.4 Å². The molecular weight excluding hydrogens is 279 g/mol. The Bertz CT molecular complexity index is 394. The molecule has 108 valence electrons. The molecular formula is C15H24Cl2N2. The van der Waals surface area contributed by atoms with Crippen molar-refractivity contribution in [3.63, 3.8) is 0 Å². The highest BCUT2D eigenvalue weighted by Crippen LogP contribution is 2.48. The molecule has 0 aliphatic carbocycles. The van der Waals surface area contributed by atoms with E-state index in [0.717, 1.165) is 6.54 Å². The first-order valence-electron chi connectivity index (χ1n) is 6.58. The Kier molecular flexibility index (Phi) is 5.30. The Hall–Kier alpha value is -0.280. The van der Waals surface area contributed by atoms with Gasteiger partial charge in [-0.2, -0.15) is 0 Å². The van der Waals surface area contributed by atoms with Gasteiger partial charge in [-0.05, 0) is 5.56 Å². The quantitative estimate of drug-likeness (QED) is 0.903. The molecule has 1 aromatic carbocycles. The maximum Gasteiger partial charge on any atom is 0.0234 e. The van der Waals surface area contributed by atoms with Crippen molar-refractivity contribution in [3.05, 3.63) is 35.9 Å². The molecule has 0 spiro atoms. The van der Waals surface area contributed by atoms with E-state index < -0.39 is 0 Å². The monoisotopic (exact) mass is 302 g/mol. The second-order valence-electron chi connectivity index (χ2n) is 6.36. The van der Waals surface area contributed by atoms with Gasteiger partial charge < -0.3 is 5.32 Å². The normalized spacial score (nSPS) is 33.4. The van der Waals surface area contributed by atoms with E-state index >= 15 is 0 Å². The van der Waals surface area contributed by atoms with E-state index in [1.54, 1.807) is 0 Å². The fraction of sp³-hybridized carbons (Fsp3) is 0.600. The van der Waals surface area contributed by atoms with E-state index in [1.165, 1.54) is 31.7 Å². The second kappa shape index (κ2) is 6.01. The lowest BCUT2D eigenvalue weighted by Gasteiger charge is -2.31. The van der Waals surface area contributed by atoms with Crippen molar-refractivity contribution >= 4 is 24.8 Å². The van der Waals surface area contributed by atoms with Crippen molar-refractivity contribution in [3.8, 4) is 0 Å². The first kappa shape index (κ1) is 16.8. The van der Waals surface area contributed by atoms with E-state index in [2.05, 4.69) is 54.4 Å². The summed E-state index contributed by atoms with van der Waals surface area (Å²) in [5, 5.41) is 3.56. The largest absolute Gasteiger partial charge is 0.316 e. The highest BCUT2D eigenvalue weighted by Gasteiger charge is 2.54. The van der Waals surface area contributed by atoms with Gasteiger partial charge in [-0.25, -0.2) is 0 Å². The second-order valence-corrected chi connectivity index (χ2v) is 6.36. The van der Waals surface area contributed by atoms with Crippen LogP contribution in [0.3, 0.4) is 0 Å². The fourth-order valence-corrected chi connectivity index (χ4v) is 3.53. The molecule has 1 N–H and O–H groups in total. The molecule has 2 saturated heterocycles. The molecule has 2 atom stereocenters. The topological polar surface area (TPSA) is 15.3 Å². The van der Waals surface area contributed by atoms with Crippen LogP contribution in [0, 0.1) is 10.8 Å². The van der Waals surface area contributed by atoms with Crippen molar-refractivity contribution < 1.29 is 0 Å². The average Bonchev–Trinajstić information content (AvgIpc) is 2.67. The molecule has 3 rings (SSSR count). The molecule has 2 aliphatic heterocycles. The van der Waals surface area contributed by atoms with Crippen LogP contribution in [0.15, 0.2) is 30.3 Å². The summed E-state index contributed by atoms with van der Waals surface area (Å²) in [5.41, 5.74) is 2.36. The lowest BCUT2D eigenvalue weighted by Crippen LogP contribution is -2.34. The van der Waals surface area contributed by atoms with Gasteiger partial charge in [0.2, 0.25) is 0 Å². The fourth-order valence-electron chi connectivity index (χ4n) is 3.53. The van der Waals surface area contributed by atoms with Crippen LogP contribution in [0.5, 0.6) is 0 Å². The van der Waals surface area contributed by atoms with Gasteiger partial charge in [0.15, 0.2) is 0 Å². The predicted octanol–water partition coefficient (Wildman–Crippen LogP) is 2.96. The van der Waals surface area contributed by atoms with E-state index in [9.17, 15) is 0 Å². The maximum atomic E-state index is 3.56. The highest BCUT2D eigenvalue weighted by atomic mass is 35.5. The number of rotatable bonds is 2. The minimum absolute atomic E-state index is 0. The Labute approximate surface area is 128 Å². The molecule has 1 aromatic rings. The summed E-state index contributed by atoms with van der Waals surface area (Å²) in [6.45, 7) is 10.8. The van der Waals surface area contributed by atoms with Crippen LogP contribution in [0.4, 0.5) is 0 Å². The van der Waals surface area contributed by atoms with Gasteiger partial charge in [0, 0.05) is 43.6 Å². The third-order valence-corrected chi connectivity index (χ3v) is 4.88. The van der Waals surface area contributed by atoms with E-state index in [0.29, 0.717) is 10.8 Å². The first-order chi connectivity index (χ1) is 8.11. The third-order valence-electron chi connectivity index (χ3n) is 4.88. The van der Waals surface area contributed by atoms with E-state index in [1.807, 2.05) is 0 Å². The van der Waals surface area contributed by atoms with Gasteiger partial charge >= 0.3 is 0 Å². The maximum absolute atomic E-state index is 3.56. The smallest absolute Gasteiger partial charge is 0.0234 e. The Morgan fingerprint density at radius 2 is 1.53 bits per heavy atom. The molecule has 0 saturated carbocycles. The van der Waals surface area contributed by atoms with Crippen LogP contribution < -0.4 is 5.32 Å². The minimum Gasteiger partial charge on any atom is -0.316 e. The summed E-state index contributed by atoms with van der Waals surface area (Å²) in [6, 6.07) is 10.8. The summed E-state index contributed by atoms with van der Waals surface area (Å²) < 4.78 is 0. The lowest BCUT2D eigenvalue weighted by molar-refractivity contribution is 0.212. The number of nitrogens with one attached hydrogen (secondary N) is 1. The van der Waals surface area contributed by atoms with Crippen molar-refractivity contribution in [2.24, 2.45) is 10.8 Å². The molecule has 2 aliphatic rings. The number of hydrogen-bond donors (Lipinski definition) is 1. The number of hydrogen-bond acceptors (Lipinski definition) is 2. The molecule has 0 aromatic heterocycles. The number of fused-ring (bicyclic) bond motifs is 1. The highest BCUT2D eigenvalue weighted by molar-refractivity contribution is 5.85. The number of nitrogens with zero attached hydrogens (tertiary/aromatic N) is 1. The zero-order chi connectivity index (χ0) is 11.9. The van der Waals surface area contributed by atoms with Gasteiger partial charge in [0.05, 0.1) is 0 Å². The van der Waals surface area contributed by atoms with E-state index in [-0.39, 0.29) is 24.8 Å². The van der Waals surface area contributed by atoms with Crippen LogP contribution >= 0.6 is 24.8 Å². The Morgan fingerprint density at radius 1 is 1.00 bits per heavy atom. The molecule has 0 radical (unpaired) electrons.